The Balaban J connectivity index is 2.34. The first-order valence-corrected chi connectivity index (χ1v) is 5.73. The quantitative estimate of drug-likeness (QED) is 0.532. The molecule has 0 atom stereocenters. The largest absolute Gasteiger partial charge is 0.491 e. The van der Waals surface area contributed by atoms with Crippen LogP contribution in [0.25, 0.3) is 0 Å². The first kappa shape index (κ1) is 12.3. The molecule has 1 aromatic carbocycles. The Bertz CT molecular complexity index is 302. The summed E-state index contributed by atoms with van der Waals surface area (Å²) in [5.41, 5.74) is 0.619. The predicted octanol–water partition coefficient (Wildman–Crippen LogP) is 3.92. The van der Waals surface area contributed by atoms with Gasteiger partial charge in [0, 0.05) is 5.88 Å². The van der Waals surface area contributed by atoms with E-state index in [1.165, 1.54) is 0 Å². The highest BCUT2D eigenvalue weighted by atomic mass is 35.5. The van der Waals surface area contributed by atoms with Crippen molar-refractivity contribution in [3.63, 3.8) is 0 Å². The molecular formula is C12H16ClFO. The predicted molar refractivity (Wildman–Crippen MR) is 61.2 cm³/mol. The standard InChI is InChI=1S/C12H16ClFO/c1-10-6-5-7-11(12(10)14)15-9-4-2-3-8-13/h5-7H,2-4,8-9H2,1H3. The molecule has 0 aliphatic carbocycles. The summed E-state index contributed by atoms with van der Waals surface area (Å²) in [4.78, 5) is 0. The van der Waals surface area contributed by atoms with Gasteiger partial charge in [-0.15, -0.1) is 11.6 Å². The Labute approximate surface area is 95.2 Å². The summed E-state index contributed by atoms with van der Waals surface area (Å²) in [5.74, 6) is 0.773. The summed E-state index contributed by atoms with van der Waals surface area (Å²) in [5, 5.41) is 0. The topological polar surface area (TPSA) is 9.23 Å². The summed E-state index contributed by atoms with van der Waals surface area (Å²) in [6.07, 6.45) is 2.93. The molecule has 0 unspecified atom stereocenters. The monoisotopic (exact) mass is 230 g/mol. The Morgan fingerprint density at radius 2 is 2.07 bits per heavy atom. The zero-order valence-electron chi connectivity index (χ0n) is 8.93. The molecule has 1 nitrogen and oxygen atoms in total. The molecule has 0 aromatic heterocycles. The Kier molecular flexibility index (Phi) is 5.48. The van der Waals surface area contributed by atoms with E-state index in [-0.39, 0.29) is 5.82 Å². The number of ether oxygens (including phenoxy) is 1. The molecule has 84 valence electrons. The maximum absolute atomic E-state index is 13.4. The van der Waals surface area contributed by atoms with E-state index < -0.39 is 0 Å². The van der Waals surface area contributed by atoms with E-state index in [9.17, 15) is 4.39 Å². The number of hydrogen-bond donors (Lipinski definition) is 0. The second-order valence-corrected chi connectivity index (χ2v) is 3.86. The van der Waals surface area contributed by atoms with Crippen molar-refractivity contribution >= 4 is 11.6 Å². The van der Waals surface area contributed by atoms with Crippen LogP contribution in [0.1, 0.15) is 24.8 Å². The molecule has 0 N–H and O–H groups in total. The van der Waals surface area contributed by atoms with Gasteiger partial charge in [-0.1, -0.05) is 12.1 Å². The maximum Gasteiger partial charge on any atom is 0.167 e. The second-order valence-electron chi connectivity index (χ2n) is 3.49. The van der Waals surface area contributed by atoms with E-state index in [1.807, 2.05) is 0 Å². The van der Waals surface area contributed by atoms with Crippen molar-refractivity contribution < 1.29 is 9.13 Å². The zero-order valence-corrected chi connectivity index (χ0v) is 9.69. The minimum Gasteiger partial charge on any atom is -0.491 e. The third kappa shape index (κ3) is 4.08. The lowest BCUT2D eigenvalue weighted by Gasteiger charge is -2.07. The summed E-state index contributed by atoms with van der Waals surface area (Å²) >= 11 is 5.54. The Morgan fingerprint density at radius 3 is 2.80 bits per heavy atom. The molecule has 0 aliphatic rings. The average molecular weight is 231 g/mol. The minimum absolute atomic E-state index is 0.255. The van der Waals surface area contributed by atoms with Gasteiger partial charge in [-0.3, -0.25) is 0 Å². The highest BCUT2D eigenvalue weighted by Crippen LogP contribution is 2.19. The number of hydrogen-bond acceptors (Lipinski definition) is 1. The van der Waals surface area contributed by atoms with Gasteiger partial charge < -0.3 is 4.74 Å². The fourth-order valence-corrected chi connectivity index (χ4v) is 1.48. The number of alkyl halides is 1. The third-order valence-corrected chi connectivity index (χ3v) is 2.46. The van der Waals surface area contributed by atoms with Crippen molar-refractivity contribution in [2.24, 2.45) is 0 Å². The van der Waals surface area contributed by atoms with Crippen LogP contribution in [0.5, 0.6) is 5.75 Å². The zero-order chi connectivity index (χ0) is 11.1. The van der Waals surface area contributed by atoms with Gasteiger partial charge in [-0.25, -0.2) is 4.39 Å². The molecule has 3 heteroatoms. The fraction of sp³-hybridized carbons (Fsp3) is 0.500. The molecule has 0 radical (unpaired) electrons. The van der Waals surface area contributed by atoms with Gasteiger partial charge in [0.2, 0.25) is 0 Å². The van der Waals surface area contributed by atoms with E-state index in [0.29, 0.717) is 23.8 Å². The Hall–Kier alpha value is -0.760. The second kappa shape index (κ2) is 6.67. The maximum atomic E-state index is 13.4. The minimum atomic E-state index is -0.255. The van der Waals surface area contributed by atoms with Crippen LogP contribution in [0.15, 0.2) is 18.2 Å². The van der Waals surface area contributed by atoms with Crippen LogP contribution in [0.3, 0.4) is 0 Å². The van der Waals surface area contributed by atoms with Gasteiger partial charge in [0.15, 0.2) is 11.6 Å². The van der Waals surface area contributed by atoms with E-state index in [2.05, 4.69) is 0 Å². The number of halogens is 2. The molecule has 15 heavy (non-hydrogen) atoms. The average Bonchev–Trinajstić information content (AvgIpc) is 2.24. The van der Waals surface area contributed by atoms with Crippen molar-refractivity contribution in [2.75, 3.05) is 12.5 Å². The summed E-state index contributed by atoms with van der Waals surface area (Å²) in [6, 6.07) is 5.19. The highest BCUT2D eigenvalue weighted by molar-refractivity contribution is 6.17. The third-order valence-electron chi connectivity index (χ3n) is 2.19. The summed E-state index contributed by atoms with van der Waals surface area (Å²) < 4.78 is 18.8. The van der Waals surface area contributed by atoms with E-state index in [1.54, 1.807) is 25.1 Å². The molecule has 0 saturated carbocycles. The van der Waals surface area contributed by atoms with Gasteiger partial charge in [-0.2, -0.15) is 0 Å². The van der Waals surface area contributed by atoms with Gasteiger partial charge in [0.05, 0.1) is 6.61 Å². The van der Waals surface area contributed by atoms with Gasteiger partial charge in [0.25, 0.3) is 0 Å². The number of benzene rings is 1. The normalized spacial score (nSPS) is 10.3. The van der Waals surface area contributed by atoms with Crippen molar-refractivity contribution in [1.29, 1.82) is 0 Å². The number of unbranched alkanes of at least 4 members (excludes halogenated alkanes) is 2. The highest BCUT2D eigenvalue weighted by Gasteiger charge is 2.04. The van der Waals surface area contributed by atoms with Crippen LogP contribution < -0.4 is 4.74 Å². The van der Waals surface area contributed by atoms with Crippen molar-refractivity contribution in [3.8, 4) is 5.75 Å². The molecule has 0 fully saturated rings. The fourth-order valence-electron chi connectivity index (χ4n) is 1.29. The summed E-state index contributed by atoms with van der Waals surface area (Å²) in [7, 11) is 0. The van der Waals surface area contributed by atoms with Gasteiger partial charge in [-0.05, 0) is 37.8 Å². The molecular weight excluding hydrogens is 215 g/mol. The first-order chi connectivity index (χ1) is 7.25. The van der Waals surface area contributed by atoms with Crippen LogP contribution in [-0.2, 0) is 0 Å². The summed E-state index contributed by atoms with van der Waals surface area (Å²) in [6.45, 7) is 2.28. The van der Waals surface area contributed by atoms with Crippen LogP contribution in [-0.4, -0.2) is 12.5 Å². The van der Waals surface area contributed by atoms with Crippen LogP contribution in [0, 0.1) is 12.7 Å². The molecule has 0 amide bonds. The molecule has 0 saturated heterocycles. The molecule has 0 aliphatic heterocycles. The lowest BCUT2D eigenvalue weighted by molar-refractivity contribution is 0.291. The van der Waals surface area contributed by atoms with Gasteiger partial charge >= 0.3 is 0 Å². The first-order valence-electron chi connectivity index (χ1n) is 5.19. The van der Waals surface area contributed by atoms with Crippen LogP contribution in [0.2, 0.25) is 0 Å². The van der Waals surface area contributed by atoms with Crippen LogP contribution >= 0.6 is 11.6 Å². The van der Waals surface area contributed by atoms with Gasteiger partial charge in [0.1, 0.15) is 0 Å². The van der Waals surface area contributed by atoms with E-state index in [4.69, 9.17) is 16.3 Å². The van der Waals surface area contributed by atoms with E-state index in [0.717, 1.165) is 19.3 Å². The SMILES string of the molecule is Cc1cccc(OCCCCCCl)c1F. The molecule has 0 spiro atoms. The smallest absolute Gasteiger partial charge is 0.167 e. The molecule has 1 rings (SSSR count). The number of aryl methyl sites for hydroxylation is 1. The molecule has 1 aromatic rings. The molecule has 0 bridgehead atoms. The van der Waals surface area contributed by atoms with E-state index >= 15 is 0 Å². The van der Waals surface area contributed by atoms with Crippen molar-refractivity contribution in [2.45, 2.75) is 26.2 Å². The molecule has 0 heterocycles. The Morgan fingerprint density at radius 1 is 1.27 bits per heavy atom. The van der Waals surface area contributed by atoms with Crippen LogP contribution in [0.4, 0.5) is 4.39 Å². The van der Waals surface area contributed by atoms with Crippen molar-refractivity contribution in [1.82, 2.24) is 0 Å². The lowest BCUT2D eigenvalue weighted by atomic mass is 10.2. The lowest BCUT2D eigenvalue weighted by Crippen LogP contribution is -2.00. The van der Waals surface area contributed by atoms with Crippen molar-refractivity contribution in [3.05, 3.63) is 29.6 Å². The number of rotatable bonds is 6.